The zero-order valence-electron chi connectivity index (χ0n) is 8.82. The monoisotopic (exact) mass is 227 g/mol. The molecule has 0 N–H and O–H groups in total. The summed E-state index contributed by atoms with van der Waals surface area (Å²) in [5.74, 6) is -1.73. The highest BCUT2D eigenvalue weighted by molar-refractivity contribution is 5.98. The minimum Gasteiger partial charge on any atom is -0.487 e. The van der Waals surface area contributed by atoms with Crippen molar-refractivity contribution in [3.8, 4) is 5.75 Å². The highest BCUT2D eigenvalue weighted by atomic mass is 19.1. The second-order valence-electron chi connectivity index (χ2n) is 3.02. The lowest BCUT2D eigenvalue weighted by Crippen LogP contribution is -2.06. The predicted octanol–water partition coefficient (Wildman–Crippen LogP) is 2.34. The molecule has 0 aliphatic carbocycles. The van der Waals surface area contributed by atoms with Gasteiger partial charge in [0.05, 0.1) is 11.5 Å². The lowest BCUT2D eigenvalue weighted by Gasteiger charge is -2.08. The van der Waals surface area contributed by atoms with Crippen LogP contribution in [0.2, 0.25) is 0 Å². The summed E-state index contributed by atoms with van der Waals surface area (Å²) in [5.41, 5.74) is -0.787. The topological polar surface area (TPSA) is 69.4 Å². The number of carbonyl (C=O) groups is 1. The van der Waals surface area contributed by atoms with Crippen LogP contribution in [0.5, 0.6) is 5.75 Å². The molecule has 0 bridgehead atoms. The third kappa shape index (κ3) is 2.16. The van der Waals surface area contributed by atoms with Crippen molar-refractivity contribution in [3.63, 3.8) is 0 Å². The van der Waals surface area contributed by atoms with E-state index >= 15 is 0 Å². The van der Waals surface area contributed by atoms with Crippen molar-refractivity contribution in [2.75, 3.05) is 6.61 Å². The first-order valence-corrected chi connectivity index (χ1v) is 4.59. The van der Waals surface area contributed by atoms with Crippen LogP contribution in [0, 0.1) is 15.9 Å². The number of Topliss-reactive ketones (excluding diaryl/α,β-unsaturated/α-hetero) is 1. The number of ketones is 1. The largest absolute Gasteiger partial charge is 0.487 e. The van der Waals surface area contributed by atoms with Gasteiger partial charge in [0.15, 0.2) is 5.78 Å². The van der Waals surface area contributed by atoms with E-state index in [9.17, 15) is 19.3 Å². The second kappa shape index (κ2) is 4.69. The maximum atomic E-state index is 13.3. The summed E-state index contributed by atoms with van der Waals surface area (Å²) in [5, 5.41) is 10.7. The minimum atomic E-state index is -0.818. The van der Waals surface area contributed by atoms with Crippen molar-refractivity contribution >= 4 is 11.5 Å². The first-order chi connectivity index (χ1) is 7.49. The molecule has 0 saturated heterocycles. The van der Waals surface area contributed by atoms with Gasteiger partial charge in [-0.05, 0) is 19.9 Å². The summed E-state index contributed by atoms with van der Waals surface area (Å²) >= 11 is 0. The summed E-state index contributed by atoms with van der Waals surface area (Å²) in [6, 6.07) is 1.87. The summed E-state index contributed by atoms with van der Waals surface area (Å²) in [6.45, 7) is 2.84. The molecule has 0 spiro atoms. The molecular formula is C10H10FNO4. The van der Waals surface area contributed by atoms with Gasteiger partial charge in [-0.25, -0.2) is 4.39 Å². The zero-order valence-corrected chi connectivity index (χ0v) is 8.82. The molecule has 5 nitrogen and oxygen atoms in total. The Hall–Kier alpha value is -1.98. The molecule has 6 heteroatoms. The van der Waals surface area contributed by atoms with Crippen molar-refractivity contribution in [2.24, 2.45) is 0 Å². The van der Waals surface area contributed by atoms with E-state index in [1.807, 2.05) is 0 Å². The maximum Gasteiger partial charge on any atom is 0.311 e. The third-order valence-corrected chi connectivity index (χ3v) is 1.92. The number of nitro groups is 1. The summed E-state index contributed by atoms with van der Waals surface area (Å²) < 4.78 is 18.3. The van der Waals surface area contributed by atoms with Crippen LogP contribution >= 0.6 is 0 Å². The highest BCUT2D eigenvalue weighted by Crippen LogP contribution is 2.33. The Morgan fingerprint density at radius 3 is 2.62 bits per heavy atom. The number of carbonyl (C=O) groups excluding carboxylic acids is 1. The number of ether oxygens (including phenoxy) is 1. The minimum absolute atomic E-state index is 0.116. The van der Waals surface area contributed by atoms with Gasteiger partial charge in [-0.15, -0.1) is 0 Å². The first kappa shape index (κ1) is 12.1. The van der Waals surface area contributed by atoms with Crippen LogP contribution in [0.25, 0.3) is 0 Å². The normalized spacial score (nSPS) is 9.94. The predicted molar refractivity (Wildman–Crippen MR) is 54.2 cm³/mol. The molecule has 0 aliphatic heterocycles. The molecular weight excluding hydrogens is 217 g/mol. The number of benzene rings is 1. The summed E-state index contributed by atoms with van der Waals surface area (Å²) in [4.78, 5) is 21.2. The van der Waals surface area contributed by atoms with Gasteiger partial charge in [-0.3, -0.25) is 14.9 Å². The molecule has 86 valence electrons. The molecule has 1 rings (SSSR count). The fourth-order valence-electron chi connectivity index (χ4n) is 1.31. The number of halogens is 1. The Labute approximate surface area is 91.0 Å². The Bertz CT molecular complexity index is 445. The number of hydrogen-bond donors (Lipinski definition) is 0. The van der Waals surface area contributed by atoms with Crippen molar-refractivity contribution in [1.29, 1.82) is 0 Å². The molecule has 1 aromatic rings. The van der Waals surface area contributed by atoms with Crippen molar-refractivity contribution in [3.05, 3.63) is 33.6 Å². The molecule has 0 atom stereocenters. The van der Waals surface area contributed by atoms with E-state index < -0.39 is 22.2 Å². The molecule has 0 aromatic heterocycles. The average molecular weight is 227 g/mol. The Morgan fingerprint density at radius 1 is 1.56 bits per heavy atom. The van der Waals surface area contributed by atoms with Gasteiger partial charge in [0.1, 0.15) is 11.4 Å². The molecule has 0 unspecified atom stereocenters. The Morgan fingerprint density at radius 2 is 2.19 bits per heavy atom. The molecule has 1 aromatic carbocycles. The van der Waals surface area contributed by atoms with E-state index in [1.54, 1.807) is 6.92 Å². The van der Waals surface area contributed by atoms with Crippen LogP contribution in [0.1, 0.15) is 24.2 Å². The Kier molecular flexibility index (Phi) is 3.55. The lowest BCUT2D eigenvalue weighted by molar-refractivity contribution is -0.385. The highest BCUT2D eigenvalue weighted by Gasteiger charge is 2.24. The van der Waals surface area contributed by atoms with Crippen LogP contribution < -0.4 is 4.74 Å². The van der Waals surface area contributed by atoms with Crippen LogP contribution in [0.15, 0.2) is 12.1 Å². The van der Waals surface area contributed by atoms with Gasteiger partial charge in [-0.2, -0.15) is 0 Å². The van der Waals surface area contributed by atoms with Gasteiger partial charge in [0, 0.05) is 6.07 Å². The van der Waals surface area contributed by atoms with Gasteiger partial charge in [-0.1, -0.05) is 0 Å². The quantitative estimate of drug-likeness (QED) is 0.449. The van der Waals surface area contributed by atoms with Crippen molar-refractivity contribution in [2.45, 2.75) is 13.8 Å². The van der Waals surface area contributed by atoms with Gasteiger partial charge in [0.25, 0.3) is 0 Å². The lowest BCUT2D eigenvalue weighted by atomic mass is 10.1. The number of nitrogens with zero attached hydrogens (tertiary/aromatic N) is 1. The van der Waals surface area contributed by atoms with Crippen LogP contribution in [0.3, 0.4) is 0 Å². The number of hydrogen-bond acceptors (Lipinski definition) is 4. The maximum absolute atomic E-state index is 13.3. The Balaban J connectivity index is 3.49. The smallest absolute Gasteiger partial charge is 0.311 e. The summed E-state index contributed by atoms with van der Waals surface area (Å²) in [7, 11) is 0. The number of rotatable bonds is 4. The van der Waals surface area contributed by atoms with Crippen LogP contribution in [0.4, 0.5) is 10.1 Å². The molecule has 0 aliphatic rings. The standard InChI is InChI=1S/C10H10FNO4/c1-3-16-10-8(12(14)15)5-4-7(11)9(10)6(2)13/h4-5H,3H2,1-2H3. The van der Waals surface area contributed by atoms with E-state index in [1.165, 1.54) is 0 Å². The fourth-order valence-corrected chi connectivity index (χ4v) is 1.31. The van der Waals surface area contributed by atoms with E-state index in [0.717, 1.165) is 19.1 Å². The van der Waals surface area contributed by atoms with E-state index in [4.69, 9.17) is 4.74 Å². The molecule has 16 heavy (non-hydrogen) atoms. The summed E-state index contributed by atoms with van der Waals surface area (Å²) in [6.07, 6.45) is 0. The SMILES string of the molecule is CCOc1c([N+](=O)[O-])ccc(F)c1C(C)=O. The molecule has 0 heterocycles. The van der Waals surface area contributed by atoms with Crippen molar-refractivity contribution < 1.29 is 18.8 Å². The molecule has 0 amide bonds. The number of nitro benzene ring substituents is 1. The van der Waals surface area contributed by atoms with Crippen LogP contribution in [-0.4, -0.2) is 17.3 Å². The zero-order chi connectivity index (χ0) is 12.3. The second-order valence-corrected chi connectivity index (χ2v) is 3.02. The van der Waals surface area contributed by atoms with E-state index in [-0.39, 0.29) is 17.9 Å². The third-order valence-electron chi connectivity index (χ3n) is 1.92. The first-order valence-electron chi connectivity index (χ1n) is 4.59. The van der Waals surface area contributed by atoms with Crippen LogP contribution in [-0.2, 0) is 0 Å². The average Bonchev–Trinajstić information content (AvgIpc) is 2.17. The molecule has 0 saturated carbocycles. The van der Waals surface area contributed by atoms with Gasteiger partial charge in [0.2, 0.25) is 5.75 Å². The van der Waals surface area contributed by atoms with E-state index in [0.29, 0.717) is 0 Å². The molecule has 0 fully saturated rings. The van der Waals surface area contributed by atoms with E-state index in [2.05, 4.69) is 0 Å². The van der Waals surface area contributed by atoms with Crippen molar-refractivity contribution in [1.82, 2.24) is 0 Å². The fraction of sp³-hybridized carbons (Fsp3) is 0.300. The van der Waals surface area contributed by atoms with Gasteiger partial charge < -0.3 is 4.74 Å². The molecule has 0 radical (unpaired) electrons. The van der Waals surface area contributed by atoms with Gasteiger partial charge >= 0.3 is 5.69 Å².